The molecule has 0 aromatic heterocycles. The average Bonchev–Trinajstić information content (AvgIpc) is 3.05. The lowest BCUT2D eigenvalue weighted by atomic mass is 9.98. The number of hydrogen-bond donors (Lipinski definition) is 3. The summed E-state index contributed by atoms with van der Waals surface area (Å²) in [6, 6.07) is 14.3. The van der Waals surface area contributed by atoms with Crippen LogP contribution in [0.15, 0.2) is 48.5 Å². The molecule has 2 aromatic rings. The van der Waals surface area contributed by atoms with Crippen LogP contribution in [0.2, 0.25) is 0 Å². The van der Waals surface area contributed by atoms with Crippen molar-refractivity contribution >= 4 is 18.0 Å². The molecule has 0 heterocycles. The van der Waals surface area contributed by atoms with Crippen LogP contribution >= 0.6 is 0 Å². The molecule has 3 N–H and O–H groups in total. The summed E-state index contributed by atoms with van der Waals surface area (Å²) in [6.45, 7) is 1.67. The van der Waals surface area contributed by atoms with Crippen molar-refractivity contribution in [3.05, 3.63) is 59.7 Å². The Bertz CT molecular complexity index is 981. The second-order valence-corrected chi connectivity index (χ2v) is 7.44. The molecule has 7 nitrogen and oxygen atoms in total. The van der Waals surface area contributed by atoms with Gasteiger partial charge in [-0.25, -0.2) is 4.79 Å². The molecule has 0 saturated carbocycles. The highest BCUT2D eigenvalue weighted by atomic mass is 16.5. The monoisotopic (exact) mass is 420 g/mol. The van der Waals surface area contributed by atoms with E-state index in [1.165, 1.54) is 0 Å². The number of carbonyl (C=O) groups is 3. The molecule has 160 valence electrons. The van der Waals surface area contributed by atoms with Crippen molar-refractivity contribution in [2.45, 2.75) is 37.8 Å². The first-order valence-corrected chi connectivity index (χ1v) is 9.97. The van der Waals surface area contributed by atoms with E-state index in [0.29, 0.717) is 0 Å². The zero-order chi connectivity index (χ0) is 22.4. The van der Waals surface area contributed by atoms with Crippen molar-refractivity contribution in [2.75, 3.05) is 6.61 Å². The van der Waals surface area contributed by atoms with E-state index in [-0.39, 0.29) is 25.4 Å². The zero-order valence-electron chi connectivity index (χ0n) is 17.1. The summed E-state index contributed by atoms with van der Waals surface area (Å²) >= 11 is 0. The number of amides is 2. The van der Waals surface area contributed by atoms with Crippen LogP contribution in [-0.2, 0) is 14.3 Å². The number of carboxylic acids is 1. The first-order valence-electron chi connectivity index (χ1n) is 9.97. The van der Waals surface area contributed by atoms with Gasteiger partial charge in [-0.1, -0.05) is 48.5 Å². The zero-order valence-corrected chi connectivity index (χ0v) is 17.1. The predicted octanol–water partition coefficient (Wildman–Crippen LogP) is 2.90. The molecule has 1 aliphatic rings. The van der Waals surface area contributed by atoms with Gasteiger partial charge < -0.3 is 20.5 Å². The molecule has 31 heavy (non-hydrogen) atoms. The molecule has 2 aromatic carbocycles. The van der Waals surface area contributed by atoms with E-state index in [9.17, 15) is 14.4 Å². The van der Waals surface area contributed by atoms with Gasteiger partial charge in [0.15, 0.2) is 0 Å². The normalized spacial score (nSPS) is 13.8. The van der Waals surface area contributed by atoms with Gasteiger partial charge in [-0.3, -0.25) is 9.59 Å². The molecular weight excluding hydrogens is 396 g/mol. The lowest BCUT2D eigenvalue weighted by molar-refractivity contribution is -0.137. The summed E-state index contributed by atoms with van der Waals surface area (Å²) in [7, 11) is 0. The van der Waals surface area contributed by atoms with Crippen LogP contribution in [-0.4, -0.2) is 41.8 Å². The van der Waals surface area contributed by atoms with Crippen LogP contribution in [0.1, 0.15) is 36.8 Å². The smallest absolute Gasteiger partial charge is 0.407 e. The second kappa shape index (κ2) is 9.81. The minimum atomic E-state index is -1.04. The van der Waals surface area contributed by atoms with Gasteiger partial charge in [-0.2, -0.15) is 0 Å². The summed E-state index contributed by atoms with van der Waals surface area (Å²) < 4.78 is 5.44. The van der Waals surface area contributed by atoms with Crippen LogP contribution in [0, 0.1) is 12.3 Å². The molecule has 1 aliphatic carbocycles. The molecule has 0 spiro atoms. The SMILES string of the molecule is C#CCC(NC(=O)OCC1c2ccccc2-c2ccccc21)C(=O)NC(C)CC(=O)O. The molecule has 0 bridgehead atoms. The van der Waals surface area contributed by atoms with Crippen LogP contribution in [0.3, 0.4) is 0 Å². The third kappa shape index (κ3) is 5.23. The average molecular weight is 420 g/mol. The minimum absolute atomic E-state index is 0.0458. The highest BCUT2D eigenvalue weighted by Crippen LogP contribution is 2.44. The van der Waals surface area contributed by atoms with Gasteiger partial charge in [-0.15, -0.1) is 12.3 Å². The van der Waals surface area contributed by atoms with Crippen molar-refractivity contribution < 1.29 is 24.2 Å². The summed E-state index contributed by atoms with van der Waals surface area (Å²) in [5, 5.41) is 13.8. The molecule has 2 amide bonds. The number of carboxylic acid groups (broad SMARTS) is 1. The third-order valence-electron chi connectivity index (χ3n) is 5.14. The highest BCUT2D eigenvalue weighted by molar-refractivity contribution is 5.86. The fourth-order valence-electron chi connectivity index (χ4n) is 3.77. The maximum atomic E-state index is 12.4. The fraction of sp³-hybridized carbons (Fsp3) is 0.292. The number of terminal acetylenes is 1. The lowest BCUT2D eigenvalue weighted by Gasteiger charge is -2.20. The van der Waals surface area contributed by atoms with Gasteiger partial charge in [0.1, 0.15) is 12.6 Å². The van der Waals surface area contributed by atoms with Crippen molar-refractivity contribution in [3.8, 4) is 23.5 Å². The fourth-order valence-corrected chi connectivity index (χ4v) is 3.77. The molecule has 0 radical (unpaired) electrons. The number of carbonyl (C=O) groups excluding carboxylic acids is 2. The maximum Gasteiger partial charge on any atom is 0.407 e. The van der Waals surface area contributed by atoms with Gasteiger partial charge in [0, 0.05) is 18.4 Å². The van der Waals surface area contributed by atoms with Crippen molar-refractivity contribution in [3.63, 3.8) is 0 Å². The Hall–Kier alpha value is -3.79. The van der Waals surface area contributed by atoms with E-state index in [0.717, 1.165) is 22.3 Å². The summed E-state index contributed by atoms with van der Waals surface area (Å²) in [6.07, 6.45) is 4.27. The Morgan fingerprint density at radius 2 is 1.65 bits per heavy atom. The molecule has 2 unspecified atom stereocenters. The molecule has 7 heteroatoms. The number of ether oxygens (including phenoxy) is 1. The topological polar surface area (TPSA) is 105 Å². The predicted molar refractivity (Wildman–Crippen MR) is 115 cm³/mol. The van der Waals surface area contributed by atoms with Crippen molar-refractivity contribution in [1.82, 2.24) is 10.6 Å². The Morgan fingerprint density at radius 1 is 1.06 bits per heavy atom. The van der Waals surface area contributed by atoms with Gasteiger partial charge in [0.05, 0.1) is 6.42 Å². The van der Waals surface area contributed by atoms with Crippen LogP contribution < -0.4 is 10.6 Å². The summed E-state index contributed by atoms with van der Waals surface area (Å²) in [4.78, 5) is 35.6. The lowest BCUT2D eigenvalue weighted by Crippen LogP contribution is -2.49. The molecule has 0 fully saturated rings. The third-order valence-corrected chi connectivity index (χ3v) is 5.14. The van der Waals surface area contributed by atoms with E-state index >= 15 is 0 Å². The Morgan fingerprint density at radius 3 is 2.19 bits per heavy atom. The van der Waals surface area contributed by atoms with E-state index in [2.05, 4.69) is 16.6 Å². The van der Waals surface area contributed by atoms with Gasteiger partial charge in [-0.05, 0) is 29.2 Å². The first-order chi connectivity index (χ1) is 14.9. The van der Waals surface area contributed by atoms with E-state index < -0.39 is 30.1 Å². The Kier molecular flexibility index (Phi) is 6.93. The van der Waals surface area contributed by atoms with Gasteiger partial charge in [0.2, 0.25) is 5.91 Å². The molecule has 0 aliphatic heterocycles. The Labute approximate surface area is 180 Å². The summed E-state index contributed by atoms with van der Waals surface area (Å²) in [5.41, 5.74) is 4.39. The maximum absolute atomic E-state index is 12.4. The number of hydrogen-bond acceptors (Lipinski definition) is 4. The van der Waals surface area contributed by atoms with Gasteiger partial charge in [0.25, 0.3) is 0 Å². The number of rotatable bonds is 8. The Balaban J connectivity index is 1.63. The molecule has 0 saturated heterocycles. The van der Waals surface area contributed by atoms with Crippen molar-refractivity contribution in [1.29, 1.82) is 0 Å². The largest absolute Gasteiger partial charge is 0.481 e. The molecular formula is C24H24N2O5. The quantitative estimate of drug-likeness (QED) is 0.570. The van der Waals surface area contributed by atoms with E-state index in [1.807, 2.05) is 48.5 Å². The number of fused-ring (bicyclic) bond motifs is 3. The molecule has 2 atom stereocenters. The second-order valence-electron chi connectivity index (χ2n) is 7.44. The number of nitrogens with one attached hydrogen (secondary N) is 2. The standard InChI is InChI=1S/C24H24N2O5/c1-3-8-21(23(29)25-15(2)13-22(27)28)26-24(30)31-14-20-18-11-6-4-9-16(18)17-10-5-7-12-19(17)20/h1,4-7,9-12,15,20-21H,8,13-14H2,2H3,(H,25,29)(H,26,30)(H,27,28). The minimum Gasteiger partial charge on any atom is -0.481 e. The first kappa shape index (κ1) is 21.9. The van der Waals surface area contributed by atoms with E-state index in [4.69, 9.17) is 16.3 Å². The van der Waals surface area contributed by atoms with Crippen LogP contribution in [0.4, 0.5) is 4.79 Å². The van der Waals surface area contributed by atoms with Crippen molar-refractivity contribution in [2.24, 2.45) is 0 Å². The number of aliphatic carboxylic acids is 1. The molecule has 3 rings (SSSR count). The van der Waals surface area contributed by atoms with Gasteiger partial charge >= 0.3 is 12.1 Å². The van der Waals surface area contributed by atoms with Crippen LogP contribution in [0.5, 0.6) is 0 Å². The summed E-state index contributed by atoms with van der Waals surface area (Å²) in [5.74, 6) is 0.649. The van der Waals surface area contributed by atoms with Crippen LogP contribution in [0.25, 0.3) is 11.1 Å². The number of benzene rings is 2. The highest BCUT2D eigenvalue weighted by Gasteiger charge is 2.30. The number of alkyl carbamates (subject to hydrolysis) is 1. The van der Waals surface area contributed by atoms with E-state index in [1.54, 1.807) is 6.92 Å².